The number of hydrogen-bond acceptors (Lipinski definition) is 8. The number of esters is 2. The summed E-state index contributed by atoms with van der Waals surface area (Å²) in [5, 5.41) is 0. The van der Waals surface area contributed by atoms with E-state index in [1.165, 1.54) is 57.8 Å². The molecule has 1 atom stereocenters. The van der Waals surface area contributed by atoms with Crippen LogP contribution in [0.5, 0.6) is 0 Å². The van der Waals surface area contributed by atoms with E-state index in [9.17, 15) is 23.9 Å². The third-order valence-electron chi connectivity index (χ3n) is 5.34. The molecule has 0 aromatic carbocycles. The first kappa shape index (κ1) is 45.8. The Morgan fingerprint density at radius 2 is 1.14 bits per heavy atom. The van der Waals surface area contributed by atoms with Gasteiger partial charge in [0.25, 0.3) is 0 Å². The molecule has 0 radical (unpaired) electrons. The Kier molecular flexibility index (Phi) is 35.5. The summed E-state index contributed by atoms with van der Waals surface area (Å²) in [6.07, 6.45) is 18.8. The van der Waals surface area contributed by atoms with Crippen molar-refractivity contribution in [1.82, 2.24) is 0 Å². The molecular weight excluding hydrogens is 589 g/mol. The molecule has 0 aliphatic heterocycles. The Bertz CT molecular complexity index is 1190. The molecule has 0 saturated heterocycles. The zero-order valence-corrected chi connectivity index (χ0v) is 30.6. The summed E-state index contributed by atoms with van der Waals surface area (Å²) >= 11 is 0. The standard InChI is InChI=1S/C32H39O8P.2Na/c1-3-5-7-9-11-13-15-16-17-19-21-23-25-27-32(34)40-30(29-39-41(35,36)37)28-38-31(33)26-24-22-20-18-14-12-10-8-6-4-2;;/h2,30H,3,5,7,9,11,13,15-17,19,21,23,25,27-29H2,1H3,(H2,35,36,37);;/q;2*+1/p-2/t30-;;/m1../s1. The van der Waals surface area contributed by atoms with Crippen molar-refractivity contribution in [3.8, 4) is 71.5 Å². The summed E-state index contributed by atoms with van der Waals surface area (Å²) in [7, 11) is -5.32. The fourth-order valence-electron chi connectivity index (χ4n) is 3.36. The van der Waals surface area contributed by atoms with Crippen LogP contribution in [0.2, 0.25) is 0 Å². The number of unbranched alkanes of at least 4 members (excludes halogenated alkanes) is 12. The van der Waals surface area contributed by atoms with Gasteiger partial charge in [0.05, 0.1) is 14.4 Å². The molecule has 0 aliphatic carbocycles. The van der Waals surface area contributed by atoms with Crippen molar-refractivity contribution in [2.45, 2.75) is 103 Å². The van der Waals surface area contributed by atoms with Gasteiger partial charge >= 0.3 is 71.1 Å². The van der Waals surface area contributed by atoms with Gasteiger partial charge in [0, 0.05) is 12.3 Å². The summed E-state index contributed by atoms with van der Waals surface area (Å²) < 4.78 is 25.0. The maximum absolute atomic E-state index is 12.2. The molecule has 0 aliphatic rings. The van der Waals surface area contributed by atoms with Crippen LogP contribution < -0.4 is 68.9 Å². The third kappa shape index (κ3) is 36.5. The number of phosphoric acid groups is 1. The van der Waals surface area contributed by atoms with Crippen LogP contribution in [0.3, 0.4) is 0 Å². The van der Waals surface area contributed by atoms with Gasteiger partial charge < -0.3 is 28.3 Å². The van der Waals surface area contributed by atoms with E-state index in [4.69, 9.17) is 15.9 Å². The van der Waals surface area contributed by atoms with Gasteiger partial charge in [0.2, 0.25) is 0 Å². The first-order valence-corrected chi connectivity index (χ1v) is 15.2. The van der Waals surface area contributed by atoms with Crippen LogP contribution in [0.15, 0.2) is 0 Å². The zero-order valence-electron chi connectivity index (χ0n) is 25.7. The van der Waals surface area contributed by atoms with Crippen LogP contribution >= 0.6 is 7.82 Å². The Balaban J connectivity index is -0.00000800. The van der Waals surface area contributed by atoms with Gasteiger partial charge in [-0.2, -0.15) is 0 Å². The zero-order chi connectivity index (χ0) is 30.4. The van der Waals surface area contributed by atoms with Crippen molar-refractivity contribution < 1.29 is 97.1 Å². The maximum atomic E-state index is 12.2. The number of phosphoric ester groups is 1. The topological polar surface area (TPSA) is 125 Å². The minimum Gasteiger partial charge on any atom is -0.790 e. The van der Waals surface area contributed by atoms with Crippen LogP contribution in [0.1, 0.15) is 96.8 Å². The van der Waals surface area contributed by atoms with Crippen molar-refractivity contribution in [1.29, 1.82) is 0 Å². The molecule has 8 nitrogen and oxygen atoms in total. The van der Waals surface area contributed by atoms with Gasteiger partial charge in [0.15, 0.2) is 6.10 Å². The molecule has 0 spiro atoms. The normalized spacial score (nSPS) is 9.72. The van der Waals surface area contributed by atoms with Gasteiger partial charge in [0.1, 0.15) is 6.61 Å². The molecule has 0 heterocycles. The fraction of sp³-hybridized carbons (Fsp3) is 0.562. The van der Waals surface area contributed by atoms with Gasteiger partial charge in [-0.1, -0.05) is 84.0 Å². The Hall–Kier alpha value is -1.59. The second-order valence-corrected chi connectivity index (χ2v) is 9.99. The Morgan fingerprint density at radius 3 is 1.60 bits per heavy atom. The van der Waals surface area contributed by atoms with Crippen molar-refractivity contribution in [2.75, 3.05) is 13.2 Å². The molecule has 0 saturated carbocycles. The molecule has 0 rings (SSSR count). The van der Waals surface area contributed by atoms with E-state index in [0.717, 1.165) is 19.3 Å². The first-order chi connectivity index (χ1) is 19.8. The number of carbonyl (C=O) groups excluding carboxylic acids is 2. The third-order valence-corrected chi connectivity index (χ3v) is 5.80. The molecule has 0 bridgehead atoms. The number of ether oxygens (including phenoxy) is 2. The predicted molar refractivity (Wildman–Crippen MR) is 152 cm³/mol. The summed E-state index contributed by atoms with van der Waals surface area (Å²) in [4.78, 5) is 45.6. The van der Waals surface area contributed by atoms with E-state index in [2.05, 4.69) is 76.6 Å². The van der Waals surface area contributed by atoms with Crippen LogP contribution in [0.25, 0.3) is 0 Å². The van der Waals surface area contributed by atoms with Crippen molar-refractivity contribution in [3.63, 3.8) is 0 Å². The second-order valence-electron chi connectivity index (χ2n) is 8.84. The molecular formula is C32H37Na2O8P. The molecule has 0 fully saturated rings. The quantitative estimate of drug-likeness (QED) is 0.0361. The second kappa shape index (κ2) is 33.3. The summed E-state index contributed by atoms with van der Waals surface area (Å²) in [5.74, 6) is 23.5. The number of terminal acetylenes is 1. The first-order valence-electron chi connectivity index (χ1n) is 13.8. The van der Waals surface area contributed by atoms with Crippen LogP contribution in [0, 0.1) is 71.5 Å². The van der Waals surface area contributed by atoms with Gasteiger partial charge in [-0.15, -0.1) is 6.42 Å². The van der Waals surface area contributed by atoms with E-state index < -0.39 is 39.1 Å². The Morgan fingerprint density at radius 1 is 0.698 bits per heavy atom. The van der Waals surface area contributed by atoms with E-state index in [-0.39, 0.29) is 65.5 Å². The van der Waals surface area contributed by atoms with Crippen LogP contribution in [-0.4, -0.2) is 31.3 Å². The minimum absolute atomic E-state index is 0. The summed E-state index contributed by atoms with van der Waals surface area (Å²) in [6, 6.07) is 0. The molecule has 0 aromatic rings. The molecule has 0 amide bonds. The van der Waals surface area contributed by atoms with Crippen LogP contribution in [0.4, 0.5) is 0 Å². The minimum atomic E-state index is -5.32. The van der Waals surface area contributed by atoms with E-state index >= 15 is 0 Å². The summed E-state index contributed by atoms with van der Waals surface area (Å²) in [6.45, 7) is 0.882. The Labute approximate surface area is 302 Å². The smallest absolute Gasteiger partial charge is 0.790 e. The monoisotopic (exact) mass is 626 g/mol. The molecule has 0 N–H and O–H groups in total. The van der Waals surface area contributed by atoms with Crippen molar-refractivity contribution >= 4 is 19.8 Å². The van der Waals surface area contributed by atoms with Gasteiger partial charge in [-0.25, -0.2) is 4.79 Å². The number of hydrogen-bond donors (Lipinski definition) is 0. The molecule has 220 valence electrons. The number of carbonyl (C=O) groups is 2. The molecule has 11 heteroatoms. The average molecular weight is 627 g/mol. The number of rotatable bonds is 20. The van der Waals surface area contributed by atoms with Gasteiger partial charge in [-0.05, 0) is 65.6 Å². The van der Waals surface area contributed by atoms with Crippen molar-refractivity contribution in [3.05, 3.63) is 0 Å². The average Bonchev–Trinajstić information content (AvgIpc) is 2.93. The SMILES string of the molecule is C#CC#CC#CC#CC#CC#CC(=O)OC[C@H](COP(=O)([O-])[O-])OC(=O)CCCCCCCCCCCCCCC.[Na+].[Na+]. The molecule has 43 heavy (non-hydrogen) atoms. The van der Waals surface area contributed by atoms with Gasteiger partial charge in [-0.3, -0.25) is 4.79 Å². The molecule has 0 unspecified atom stereocenters. The van der Waals surface area contributed by atoms with E-state index in [1.54, 1.807) is 0 Å². The van der Waals surface area contributed by atoms with E-state index in [1.807, 2.05) is 0 Å². The fourth-order valence-corrected chi connectivity index (χ4v) is 3.71. The summed E-state index contributed by atoms with van der Waals surface area (Å²) in [5.41, 5.74) is 0. The predicted octanol–water partition coefficient (Wildman–Crippen LogP) is -2.57. The largest absolute Gasteiger partial charge is 1.00 e. The van der Waals surface area contributed by atoms with Crippen LogP contribution in [-0.2, 0) is 28.2 Å². The van der Waals surface area contributed by atoms with E-state index in [0.29, 0.717) is 6.42 Å². The van der Waals surface area contributed by atoms with Crippen molar-refractivity contribution in [2.24, 2.45) is 0 Å². The molecule has 0 aromatic heterocycles. The maximum Gasteiger partial charge on any atom is 1.00 e.